The number of ether oxygens (including phenoxy) is 1. The minimum atomic E-state index is -2.39. The van der Waals surface area contributed by atoms with Crippen LogP contribution in [0.2, 0.25) is 0 Å². The van der Waals surface area contributed by atoms with Gasteiger partial charge in [-0.1, -0.05) is 13.8 Å². The quantitative estimate of drug-likeness (QED) is 0.639. The van der Waals surface area contributed by atoms with Gasteiger partial charge in [-0.3, -0.25) is 4.68 Å². The van der Waals surface area contributed by atoms with E-state index in [-0.39, 0.29) is 6.04 Å². The van der Waals surface area contributed by atoms with Gasteiger partial charge in [-0.05, 0) is 32.4 Å². The minimum Gasteiger partial charge on any atom is -0.375 e. The molecule has 0 amide bonds. The average molecular weight is 303 g/mol. The standard InChI is InChI=1S/C15H27F2N3O/c1-4-14(5-2)20-8-6-13(19-20)10-12(18-3)7-9-21-11-15(16)17/h6,8,12,14-15,18H,4-5,7,9-11H2,1-3H3. The predicted octanol–water partition coefficient (Wildman–Crippen LogP) is 3.05. The van der Waals surface area contributed by atoms with Gasteiger partial charge in [0.1, 0.15) is 6.61 Å². The second kappa shape index (κ2) is 9.84. The van der Waals surface area contributed by atoms with Gasteiger partial charge in [-0.2, -0.15) is 5.10 Å². The van der Waals surface area contributed by atoms with E-state index in [0.717, 1.165) is 25.0 Å². The molecule has 0 aliphatic rings. The summed E-state index contributed by atoms with van der Waals surface area (Å²) in [5, 5.41) is 7.80. The van der Waals surface area contributed by atoms with E-state index in [4.69, 9.17) is 4.74 Å². The van der Waals surface area contributed by atoms with Crippen molar-refractivity contribution in [3.05, 3.63) is 18.0 Å². The van der Waals surface area contributed by atoms with Crippen LogP contribution in [-0.2, 0) is 11.2 Å². The number of hydrogen-bond acceptors (Lipinski definition) is 3. The minimum absolute atomic E-state index is 0.188. The molecule has 1 unspecified atom stereocenters. The van der Waals surface area contributed by atoms with Crippen molar-refractivity contribution in [3.8, 4) is 0 Å². The zero-order chi connectivity index (χ0) is 15.7. The van der Waals surface area contributed by atoms with Gasteiger partial charge in [-0.25, -0.2) is 8.78 Å². The lowest BCUT2D eigenvalue weighted by Crippen LogP contribution is -2.29. The van der Waals surface area contributed by atoms with Crippen molar-refractivity contribution in [2.45, 2.75) is 58.0 Å². The summed E-state index contributed by atoms with van der Waals surface area (Å²) < 4.78 is 30.9. The number of aromatic nitrogens is 2. The van der Waals surface area contributed by atoms with Crippen LogP contribution in [0.25, 0.3) is 0 Å². The number of halogens is 2. The molecule has 122 valence electrons. The molecule has 1 aromatic rings. The van der Waals surface area contributed by atoms with Crippen molar-refractivity contribution in [3.63, 3.8) is 0 Å². The summed E-state index contributed by atoms with van der Waals surface area (Å²) in [6, 6.07) is 2.66. The maximum atomic E-state index is 12.0. The van der Waals surface area contributed by atoms with E-state index in [0.29, 0.717) is 19.1 Å². The van der Waals surface area contributed by atoms with Crippen LogP contribution in [0.15, 0.2) is 12.3 Å². The first-order valence-corrected chi connectivity index (χ1v) is 7.67. The van der Waals surface area contributed by atoms with E-state index >= 15 is 0 Å². The van der Waals surface area contributed by atoms with Crippen LogP contribution in [0, 0.1) is 0 Å². The molecule has 1 heterocycles. The molecule has 21 heavy (non-hydrogen) atoms. The van der Waals surface area contributed by atoms with E-state index in [9.17, 15) is 8.78 Å². The molecular weight excluding hydrogens is 276 g/mol. The molecule has 1 rings (SSSR count). The maximum Gasteiger partial charge on any atom is 0.261 e. The summed E-state index contributed by atoms with van der Waals surface area (Å²) in [7, 11) is 1.87. The Morgan fingerprint density at radius 3 is 2.62 bits per heavy atom. The van der Waals surface area contributed by atoms with Crippen molar-refractivity contribution < 1.29 is 13.5 Å². The molecule has 0 radical (unpaired) electrons. The van der Waals surface area contributed by atoms with E-state index in [1.54, 1.807) is 0 Å². The van der Waals surface area contributed by atoms with Crippen LogP contribution < -0.4 is 5.32 Å². The van der Waals surface area contributed by atoms with Crippen LogP contribution in [0.1, 0.15) is 44.8 Å². The van der Waals surface area contributed by atoms with E-state index in [2.05, 4.69) is 24.3 Å². The van der Waals surface area contributed by atoms with Crippen LogP contribution in [0.4, 0.5) is 8.78 Å². The fourth-order valence-electron chi connectivity index (χ4n) is 2.35. The lowest BCUT2D eigenvalue weighted by Gasteiger charge is -2.15. The van der Waals surface area contributed by atoms with Crippen molar-refractivity contribution in [2.75, 3.05) is 20.3 Å². The molecule has 1 N–H and O–H groups in total. The predicted molar refractivity (Wildman–Crippen MR) is 79.8 cm³/mol. The molecule has 0 aliphatic carbocycles. The highest BCUT2D eigenvalue weighted by atomic mass is 19.3. The smallest absolute Gasteiger partial charge is 0.261 e. The Morgan fingerprint density at radius 1 is 1.33 bits per heavy atom. The average Bonchev–Trinajstić information content (AvgIpc) is 2.91. The summed E-state index contributed by atoms with van der Waals surface area (Å²) in [4.78, 5) is 0. The monoisotopic (exact) mass is 303 g/mol. The molecule has 4 nitrogen and oxygen atoms in total. The van der Waals surface area contributed by atoms with Crippen molar-refractivity contribution >= 4 is 0 Å². The van der Waals surface area contributed by atoms with E-state index < -0.39 is 13.0 Å². The SMILES string of the molecule is CCC(CC)n1ccc(CC(CCOCC(F)F)NC)n1. The summed E-state index contributed by atoms with van der Waals surface area (Å²) in [5.41, 5.74) is 1.02. The van der Waals surface area contributed by atoms with Gasteiger partial charge in [0.25, 0.3) is 6.43 Å². The van der Waals surface area contributed by atoms with Crippen molar-refractivity contribution in [1.82, 2.24) is 15.1 Å². The Morgan fingerprint density at radius 2 is 2.05 bits per heavy atom. The fraction of sp³-hybridized carbons (Fsp3) is 0.800. The lowest BCUT2D eigenvalue weighted by molar-refractivity contribution is 0.0146. The van der Waals surface area contributed by atoms with Gasteiger partial charge in [0.2, 0.25) is 0 Å². The number of likely N-dealkylation sites (N-methyl/N-ethyl adjacent to an activating group) is 1. The van der Waals surface area contributed by atoms with Gasteiger partial charge in [0, 0.05) is 25.3 Å². The molecule has 1 atom stereocenters. The number of nitrogens with one attached hydrogen (secondary N) is 1. The molecule has 0 saturated carbocycles. The van der Waals surface area contributed by atoms with Gasteiger partial charge < -0.3 is 10.1 Å². The van der Waals surface area contributed by atoms with Crippen molar-refractivity contribution in [2.24, 2.45) is 0 Å². The molecule has 0 spiro atoms. The highest BCUT2D eigenvalue weighted by Crippen LogP contribution is 2.15. The summed E-state index contributed by atoms with van der Waals surface area (Å²) >= 11 is 0. The third-order valence-electron chi connectivity index (χ3n) is 3.70. The maximum absolute atomic E-state index is 12.0. The topological polar surface area (TPSA) is 39.1 Å². The first kappa shape index (κ1) is 18.0. The zero-order valence-electron chi connectivity index (χ0n) is 13.2. The number of alkyl halides is 2. The fourth-order valence-corrected chi connectivity index (χ4v) is 2.35. The number of nitrogens with zero attached hydrogens (tertiary/aromatic N) is 2. The third kappa shape index (κ3) is 6.52. The van der Waals surface area contributed by atoms with Gasteiger partial charge in [0.05, 0.1) is 11.7 Å². The number of rotatable bonds is 11. The summed E-state index contributed by atoms with van der Waals surface area (Å²) in [6.07, 6.45) is 3.23. The third-order valence-corrected chi connectivity index (χ3v) is 3.70. The van der Waals surface area contributed by atoms with E-state index in [1.165, 1.54) is 0 Å². The molecule has 0 fully saturated rings. The molecule has 0 aromatic carbocycles. The summed E-state index contributed by atoms with van der Waals surface area (Å²) in [6.45, 7) is 4.17. The first-order valence-electron chi connectivity index (χ1n) is 7.67. The number of hydrogen-bond donors (Lipinski definition) is 1. The largest absolute Gasteiger partial charge is 0.375 e. The van der Waals surface area contributed by atoms with Crippen LogP contribution in [-0.4, -0.2) is 42.5 Å². The Bertz CT molecular complexity index is 381. The molecular formula is C15H27F2N3O. The first-order chi connectivity index (χ1) is 10.1. The molecule has 6 heteroatoms. The molecule has 1 aromatic heterocycles. The second-order valence-electron chi connectivity index (χ2n) is 5.20. The zero-order valence-corrected chi connectivity index (χ0v) is 13.2. The Kier molecular flexibility index (Phi) is 8.45. The Balaban J connectivity index is 2.42. The molecule has 0 aliphatic heterocycles. The van der Waals surface area contributed by atoms with Gasteiger partial charge >= 0.3 is 0 Å². The van der Waals surface area contributed by atoms with Crippen LogP contribution in [0.5, 0.6) is 0 Å². The molecule has 0 saturated heterocycles. The summed E-state index contributed by atoms with van der Waals surface area (Å²) in [5.74, 6) is 0. The normalized spacial score (nSPS) is 13.3. The van der Waals surface area contributed by atoms with Gasteiger partial charge in [0.15, 0.2) is 0 Å². The van der Waals surface area contributed by atoms with E-state index in [1.807, 2.05) is 24.0 Å². The highest BCUT2D eigenvalue weighted by Gasteiger charge is 2.12. The van der Waals surface area contributed by atoms with Crippen molar-refractivity contribution in [1.29, 1.82) is 0 Å². The highest BCUT2D eigenvalue weighted by molar-refractivity contribution is 5.02. The molecule has 0 bridgehead atoms. The van der Waals surface area contributed by atoms with Crippen LogP contribution in [0.3, 0.4) is 0 Å². The lowest BCUT2D eigenvalue weighted by atomic mass is 10.1. The van der Waals surface area contributed by atoms with Crippen LogP contribution >= 0.6 is 0 Å². The van der Waals surface area contributed by atoms with Gasteiger partial charge in [-0.15, -0.1) is 0 Å². The Hall–Kier alpha value is -1.01. The second-order valence-corrected chi connectivity index (χ2v) is 5.20. The Labute approximate surface area is 125 Å².